The van der Waals surface area contributed by atoms with E-state index >= 15 is 0 Å². The number of halogens is 1. The van der Waals surface area contributed by atoms with Crippen LogP contribution >= 0.6 is 11.3 Å². The number of aromatic nitrogens is 4. The molecule has 0 spiro atoms. The fraction of sp³-hybridized carbons (Fsp3) is 0. The van der Waals surface area contributed by atoms with Crippen molar-refractivity contribution in [2.24, 2.45) is 0 Å². The third-order valence-electron chi connectivity index (χ3n) is 3.58. The zero-order chi connectivity index (χ0) is 17.2. The van der Waals surface area contributed by atoms with Crippen molar-refractivity contribution in [3.8, 4) is 16.3 Å². The van der Waals surface area contributed by atoms with Gasteiger partial charge in [0.05, 0.1) is 23.1 Å². The first-order valence-corrected chi connectivity index (χ1v) is 8.27. The van der Waals surface area contributed by atoms with E-state index in [2.05, 4.69) is 20.5 Å². The zero-order valence-corrected chi connectivity index (χ0v) is 13.6. The lowest BCUT2D eigenvalue weighted by atomic mass is 10.3. The topological polar surface area (TPSA) is 75.6 Å². The maximum absolute atomic E-state index is 13.1. The highest BCUT2D eigenvalue weighted by Crippen LogP contribution is 2.24. The van der Waals surface area contributed by atoms with Crippen LogP contribution in [0.4, 0.5) is 10.2 Å². The molecule has 0 bridgehead atoms. The molecule has 3 aromatic heterocycles. The highest BCUT2D eigenvalue weighted by atomic mass is 32.1. The van der Waals surface area contributed by atoms with E-state index < -0.39 is 0 Å². The zero-order valence-electron chi connectivity index (χ0n) is 12.8. The number of nitrogens with one attached hydrogen (secondary N) is 2. The van der Waals surface area contributed by atoms with Crippen molar-refractivity contribution in [3.63, 3.8) is 0 Å². The van der Waals surface area contributed by atoms with Gasteiger partial charge >= 0.3 is 0 Å². The second-order valence-electron chi connectivity index (χ2n) is 5.22. The summed E-state index contributed by atoms with van der Waals surface area (Å²) in [5.74, 6) is -0.279. The number of anilines is 1. The number of carbonyl (C=O) groups is 1. The van der Waals surface area contributed by atoms with Crippen LogP contribution in [0, 0.1) is 5.82 Å². The van der Waals surface area contributed by atoms with Gasteiger partial charge in [-0.25, -0.2) is 9.37 Å². The molecule has 0 unspecified atom stereocenters. The van der Waals surface area contributed by atoms with Gasteiger partial charge in [0.15, 0.2) is 5.82 Å². The Bertz CT molecular complexity index is 1000. The molecule has 0 aliphatic heterocycles. The van der Waals surface area contributed by atoms with Crippen molar-refractivity contribution < 1.29 is 9.18 Å². The Morgan fingerprint density at radius 3 is 2.84 bits per heavy atom. The van der Waals surface area contributed by atoms with Crippen molar-refractivity contribution >= 4 is 23.1 Å². The van der Waals surface area contributed by atoms with Gasteiger partial charge in [-0.3, -0.25) is 14.5 Å². The van der Waals surface area contributed by atoms with Crippen molar-refractivity contribution in [2.75, 3.05) is 5.32 Å². The number of carbonyl (C=O) groups excluding carboxylic acids is 1. The van der Waals surface area contributed by atoms with Crippen molar-refractivity contribution in [1.82, 2.24) is 19.7 Å². The molecule has 25 heavy (non-hydrogen) atoms. The van der Waals surface area contributed by atoms with Gasteiger partial charge in [-0.2, -0.15) is 5.10 Å². The predicted molar refractivity (Wildman–Crippen MR) is 93.4 cm³/mol. The monoisotopic (exact) mass is 353 g/mol. The van der Waals surface area contributed by atoms with E-state index in [1.54, 1.807) is 34.1 Å². The summed E-state index contributed by atoms with van der Waals surface area (Å²) in [5, 5.41) is 11.7. The van der Waals surface area contributed by atoms with Crippen LogP contribution in [-0.4, -0.2) is 25.7 Å². The highest BCUT2D eigenvalue weighted by molar-refractivity contribution is 7.13. The molecule has 8 heteroatoms. The summed E-state index contributed by atoms with van der Waals surface area (Å²) in [6, 6.07) is 11.5. The quantitative estimate of drug-likeness (QED) is 0.587. The summed E-state index contributed by atoms with van der Waals surface area (Å²) in [7, 11) is 0. The van der Waals surface area contributed by atoms with E-state index in [9.17, 15) is 9.18 Å². The minimum atomic E-state index is -0.356. The van der Waals surface area contributed by atoms with Gasteiger partial charge in [-0.05, 0) is 35.7 Å². The molecule has 0 atom stereocenters. The highest BCUT2D eigenvalue weighted by Gasteiger charge is 2.15. The minimum Gasteiger partial charge on any atom is -0.304 e. The first-order valence-electron chi connectivity index (χ1n) is 7.39. The lowest BCUT2D eigenvalue weighted by Gasteiger charge is -2.07. The van der Waals surface area contributed by atoms with Gasteiger partial charge in [0.1, 0.15) is 11.5 Å². The molecular formula is C17H12FN5OS. The Kier molecular flexibility index (Phi) is 3.87. The molecule has 3 heterocycles. The SMILES string of the molecule is O=C(Nc1cc(-c2cccs2)[nH]n1)c1cncn1-c1ccc(F)cc1. The van der Waals surface area contributed by atoms with Gasteiger partial charge in [-0.15, -0.1) is 11.3 Å². The molecule has 0 fully saturated rings. The van der Waals surface area contributed by atoms with Crippen LogP contribution < -0.4 is 5.32 Å². The third kappa shape index (κ3) is 3.07. The van der Waals surface area contributed by atoms with E-state index in [4.69, 9.17) is 0 Å². The number of rotatable bonds is 4. The largest absolute Gasteiger partial charge is 0.304 e. The molecule has 1 aromatic carbocycles. The lowest BCUT2D eigenvalue weighted by molar-refractivity contribution is 0.102. The van der Waals surface area contributed by atoms with Gasteiger partial charge in [0, 0.05) is 11.8 Å². The molecule has 0 aliphatic rings. The van der Waals surface area contributed by atoms with E-state index in [1.165, 1.54) is 24.7 Å². The van der Waals surface area contributed by atoms with Crippen molar-refractivity contribution in [2.45, 2.75) is 0 Å². The fourth-order valence-corrected chi connectivity index (χ4v) is 3.09. The molecule has 1 amide bonds. The molecule has 4 rings (SSSR count). The van der Waals surface area contributed by atoms with Crippen LogP contribution in [0.3, 0.4) is 0 Å². The van der Waals surface area contributed by atoms with E-state index in [0.717, 1.165) is 10.6 Å². The Morgan fingerprint density at radius 1 is 1.24 bits per heavy atom. The lowest BCUT2D eigenvalue weighted by Crippen LogP contribution is -2.16. The van der Waals surface area contributed by atoms with Crippen LogP contribution in [0.1, 0.15) is 10.5 Å². The number of hydrogen-bond donors (Lipinski definition) is 2. The van der Waals surface area contributed by atoms with Gasteiger partial charge in [0.2, 0.25) is 0 Å². The summed E-state index contributed by atoms with van der Waals surface area (Å²) >= 11 is 1.58. The number of thiophene rings is 1. The first kappa shape index (κ1) is 15.3. The van der Waals surface area contributed by atoms with Gasteiger partial charge in [0.25, 0.3) is 5.91 Å². The first-order chi connectivity index (χ1) is 12.2. The van der Waals surface area contributed by atoms with Gasteiger partial charge < -0.3 is 5.32 Å². The Labute approximate surface area is 146 Å². The van der Waals surface area contributed by atoms with Crippen LogP contribution in [0.5, 0.6) is 0 Å². The maximum atomic E-state index is 13.1. The second-order valence-corrected chi connectivity index (χ2v) is 6.17. The molecule has 0 saturated carbocycles. The number of hydrogen-bond acceptors (Lipinski definition) is 4. The average molecular weight is 353 g/mol. The standard InChI is InChI=1S/C17H12FN5OS/c18-11-3-5-12(6-4-11)23-10-19-9-14(23)17(24)20-16-8-13(21-22-16)15-2-1-7-25-15/h1-10H,(H2,20,21,22,24). The second kappa shape index (κ2) is 6.33. The summed E-state index contributed by atoms with van der Waals surface area (Å²) in [4.78, 5) is 17.6. The molecule has 124 valence electrons. The molecule has 0 radical (unpaired) electrons. The molecule has 2 N–H and O–H groups in total. The summed E-state index contributed by atoms with van der Waals surface area (Å²) in [6.45, 7) is 0. The molecule has 0 aliphatic carbocycles. The van der Waals surface area contributed by atoms with E-state index in [-0.39, 0.29) is 11.7 Å². The van der Waals surface area contributed by atoms with E-state index in [0.29, 0.717) is 17.2 Å². The van der Waals surface area contributed by atoms with Crippen molar-refractivity contribution in [3.05, 3.63) is 71.9 Å². The van der Waals surface area contributed by atoms with Crippen molar-refractivity contribution in [1.29, 1.82) is 0 Å². The Hall–Kier alpha value is -3.26. The van der Waals surface area contributed by atoms with Crippen LogP contribution in [-0.2, 0) is 0 Å². The van der Waals surface area contributed by atoms with Crippen LogP contribution in [0.15, 0.2) is 60.4 Å². The van der Waals surface area contributed by atoms with E-state index in [1.807, 2.05) is 17.5 Å². The smallest absolute Gasteiger partial charge is 0.275 e. The number of benzene rings is 1. The minimum absolute atomic E-state index is 0.326. The fourth-order valence-electron chi connectivity index (χ4n) is 2.39. The summed E-state index contributed by atoms with van der Waals surface area (Å²) in [6.07, 6.45) is 2.95. The molecule has 4 aromatic rings. The maximum Gasteiger partial charge on any atom is 0.275 e. The normalized spacial score (nSPS) is 10.8. The Balaban J connectivity index is 1.56. The molecule has 6 nitrogen and oxygen atoms in total. The number of H-pyrrole nitrogens is 1. The number of imidazole rings is 1. The number of amides is 1. The molecule has 0 saturated heterocycles. The molecular weight excluding hydrogens is 341 g/mol. The van der Waals surface area contributed by atoms with Crippen LogP contribution in [0.2, 0.25) is 0 Å². The summed E-state index contributed by atoms with van der Waals surface area (Å²) in [5.41, 5.74) is 1.80. The third-order valence-corrected chi connectivity index (χ3v) is 4.49. The summed E-state index contributed by atoms with van der Waals surface area (Å²) < 4.78 is 14.7. The average Bonchev–Trinajstić information content (AvgIpc) is 3.36. The predicted octanol–water partition coefficient (Wildman–Crippen LogP) is 3.72. The van der Waals surface area contributed by atoms with Crippen LogP contribution in [0.25, 0.3) is 16.3 Å². The number of nitrogens with zero attached hydrogens (tertiary/aromatic N) is 3. The Morgan fingerprint density at radius 2 is 2.08 bits per heavy atom. The van der Waals surface area contributed by atoms with Gasteiger partial charge in [-0.1, -0.05) is 6.07 Å². The number of aromatic amines is 1.